The van der Waals surface area contributed by atoms with E-state index in [0.29, 0.717) is 15.6 Å². The maximum Gasteiger partial charge on any atom is 0.132 e. The molecule has 0 fully saturated rings. The van der Waals surface area contributed by atoms with E-state index in [0.717, 1.165) is 0 Å². The van der Waals surface area contributed by atoms with Gasteiger partial charge in [0.2, 0.25) is 0 Å². The highest BCUT2D eigenvalue weighted by Crippen LogP contribution is 2.30. The third-order valence-corrected chi connectivity index (χ3v) is 2.72. The standard InChI is InChI=1S/C11H16INO2/c1-7(13)4-8-5-11(15-3)9(12)6-10(8)14-2/h5-7H,4,13H2,1-3H3/i2D3,3D3. The molecule has 0 saturated carbocycles. The lowest BCUT2D eigenvalue weighted by molar-refractivity contribution is 0.395. The van der Waals surface area contributed by atoms with Crippen LogP contribution in [0.2, 0.25) is 0 Å². The summed E-state index contributed by atoms with van der Waals surface area (Å²) in [4.78, 5) is 0. The Morgan fingerprint density at radius 2 is 2.07 bits per heavy atom. The van der Waals surface area contributed by atoms with Crippen LogP contribution in [0, 0.1) is 3.57 Å². The first-order chi connectivity index (χ1) is 9.37. The van der Waals surface area contributed by atoms with E-state index in [2.05, 4.69) is 0 Å². The van der Waals surface area contributed by atoms with E-state index < -0.39 is 14.1 Å². The molecular formula is C11H16INO2. The maximum atomic E-state index is 7.17. The minimum absolute atomic E-state index is 0.143. The Labute approximate surface area is 113 Å². The van der Waals surface area contributed by atoms with E-state index in [1.165, 1.54) is 12.1 Å². The van der Waals surface area contributed by atoms with Gasteiger partial charge in [0.25, 0.3) is 0 Å². The maximum absolute atomic E-state index is 7.17. The van der Waals surface area contributed by atoms with E-state index in [-0.39, 0.29) is 17.5 Å². The summed E-state index contributed by atoms with van der Waals surface area (Å²) in [5, 5.41) is 0. The highest BCUT2D eigenvalue weighted by atomic mass is 127. The molecule has 2 N–H and O–H groups in total. The zero-order chi connectivity index (χ0) is 16.4. The zero-order valence-corrected chi connectivity index (χ0v) is 10.4. The van der Waals surface area contributed by atoms with E-state index in [9.17, 15) is 0 Å². The Morgan fingerprint density at radius 1 is 1.40 bits per heavy atom. The van der Waals surface area contributed by atoms with Gasteiger partial charge in [-0.2, -0.15) is 0 Å². The fourth-order valence-corrected chi connectivity index (χ4v) is 1.81. The average molecular weight is 327 g/mol. The molecule has 1 rings (SSSR count). The molecule has 0 heterocycles. The summed E-state index contributed by atoms with van der Waals surface area (Å²) in [6.07, 6.45) is 0.333. The highest BCUT2D eigenvalue weighted by molar-refractivity contribution is 14.1. The van der Waals surface area contributed by atoms with Gasteiger partial charge in [-0.1, -0.05) is 0 Å². The number of halogens is 1. The lowest BCUT2D eigenvalue weighted by Crippen LogP contribution is -2.18. The molecule has 0 aliphatic rings. The second-order valence-electron chi connectivity index (χ2n) is 3.28. The first-order valence-corrected chi connectivity index (χ1v) is 5.41. The predicted octanol–water partition coefficient (Wildman–Crippen LogP) is 2.20. The van der Waals surface area contributed by atoms with Crippen LogP contribution < -0.4 is 15.2 Å². The van der Waals surface area contributed by atoms with Gasteiger partial charge in [-0.3, -0.25) is 0 Å². The minimum Gasteiger partial charge on any atom is -0.496 e. The Hall–Kier alpha value is -0.490. The zero-order valence-electron chi connectivity index (χ0n) is 14.2. The van der Waals surface area contributed by atoms with Gasteiger partial charge < -0.3 is 15.2 Å². The lowest BCUT2D eigenvalue weighted by Gasteiger charge is -2.13. The van der Waals surface area contributed by atoms with Crippen molar-refractivity contribution in [3.63, 3.8) is 0 Å². The van der Waals surface area contributed by atoms with Gasteiger partial charge in [0.1, 0.15) is 11.5 Å². The molecule has 0 saturated heterocycles. The van der Waals surface area contributed by atoms with Gasteiger partial charge in [-0.15, -0.1) is 0 Å². The second kappa shape index (κ2) is 5.55. The van der Waals surface area contributed by atoms with Crippen LogP contribution in [-0.2, 0) is 6.42 Å². The van der Waals surface area contributed by atoms with Crippen molar-refractivity contribution in [1.82, 2.24) is 0 Å². The van der Waals surface area contributed by atoms with E-state index >= 15 is 0 Å². The van der Waals surface area contributed by atoms with Crippen molar-refractivity contribution in [2.45, 2.75) is 19.4 Å². The normalized spacial score (nSPS) is 19.9. The second-order valence-corrected chi connectivity index (χ2v) is 4.44. The molecule has 4 heteroatoms. The SMILES string of the molecule is [2H]C([2H])([2H])Oc1cc(CC(C)N)c(OC([2H])([2H])[2H])cc1I. The first kappa shape index (κ1) is 6.30. The molecule has 1 atom stereocenters. The van der Waals surface area contributed by atoms with Crippen LogP contribution in [0.4, 0.5) is 0 Å². The number of nitrogens with two attached hydrogens (primary N) is 1. The van der Waals surface area contributed by atoms with Crippen LogP contribution in [-0.4, -0.2) is 20.1 Å². The van der Waals surface area contributed by atoms with Crippen LogP contribution in [0.5, 0.6) is 11.5 Å². The molecule has 0 aliphatic heterocycles. The van der Waals surface area contributed by atoms with Crippen molar-refractivity contribution in [3.8, 4) is 11.5 Å². The largest absolute Gasteiger partial charge is 0.496 e. The molecular weight excluding hydrogens is 305 g/mol. The van der Waals surface area contributed by atoms with Gasteiger partial charge in [-0.25, -0.2) is 0 Å². The Kier molecular flexibility index (Phi) is 2.33. The third-order valence-electron chi connectivity index (χ3n) is 1.88. The van der Waals surface area contributed by atoms with Crippen molar-refractivity contribution in [3.05, 3.63) is 21.3 Å². The number of hydrogen-bond donors (Lipinski definition) is 1. The first-order valence-electron chi connectivity index (χ1n) is 7.33. The quantitative estimate of drug-likeness (QED) is 0.863. The molecule has 0 spiro atoms. The summed E-state index contributed by atoms with van der Waals surface area (Å²) in [5.41, 5.74) is 6.21. The van der Waals surface area contributed by atoms with E-state index in [1.54, 1.807) is 6.92 Å². The van der Waals surface area contributed by atoms with Crippen molar-refractivity contribution >= 4 is 22.6 Å². The highest BCUT2D eigenvalue weighted by Gasteiger charge is 2.10. The topological polar surface area (TPSA) is 44.5 Å². The molecule has 0 amide bonds. The summed E-state index contributed by atoms with van der Waals surface area (Å²) in [7, 11) is -5.18. The van der Waals surface area contributed by atoms with Gasteiger partial charge in [0.05, 0.1) is 25.9 Å². The minimum atomic E-state index is -2.60. The van der Waals surface area contributed by atoms with Crippen molar-refractivity contribution < 1.29 is 17.7 Å². The molecule has 1 unspecified atom stereocenters. The van der Waals surface area contributed by atoms with Gasteiger partial charge in [-0.05, 0) is 53.6 Å². The molecule has 15 heavy (non-hydrogen) atoms. The molecule has 3 nitrogen and oxygen atoms in total. The fourth-order valence-electron chi connectivity index (χ4n) is 1.26. The summed E-state index contributed by atoms with van der Waals surface area (Å²) < 4.78 is 53.2. The van der Waals surface area contributed by atoms with Crippen molar-refractivity contribution in [1.29, 1.82) is 0 Å². The van der Waals surface area contributed by atoms with Crippen LogP contribution in [0.3, 0.4) is 0 Å². The smallest absolute Gasteiger partial charge is 0.132 e. The molecule has 0 bridgehead atoms. The van der Waals surface area contributed by atoms with E-state index in [4.69, 9.17) is 23.4 Å². The molecule has 1 aromatic rings. The molecule has 0 aliphatic carbocycles. The number of benzene rings is 1. The third kappa shape index (κ3) is 3.24. The monoisotopic (exact) mass is 327 g/mol. The average Bonchev–Trinajstić information content (AvgIpc) is 2.19. The van der Waals surface area contributed by atoms with Crippen LogP contribution in [0.15, 0.2) is 12.1 Å². The summed E-state index contributed by atoms with van der Waals surface area (Å²) >= 11 is 1.86. The van der Waals surface area contributed by atoms with Crippen LogP contribution in [0.1, 0.15) is 20.7 Å². The van der Waals surface area contributed by atoms with Gasteiger partial charge >= 0.3 is 0 Å². The predicted molar refractivity (Wildman–Crippen MR) is 69.6 cm³/mol. The molecule has 0 radical (unpaired) electrons. The van der Waals surface area contributed by atoms with Crippen LogP contribution >= 0.6 is 22.6 Å². The van der Waals surface area contributed by atoms with Gasteiger partial charge in [0, 0.05) is 6.04 Å². The summed E-state index contributed by atoms with van der Waals surface area (Å²) in [5.74, 6) is 0.290. The fraction of sp³-hybridized carbons (Fsp3) is 0.455. The molecule has 84 valence electrons. The number of methoxy groups -OCH3 is 2. The lowest BCUT2D eigenvalue weighted by atomic mass is 10.1. The van der Waals surface area contributed by atoms with Crippen molar-refractivity contribution in [2.75, 3.05) is 14.1 Å². The Bertz CT molecular complexity index is 501. The van der Waals surface area contributed by atoms with Gasteiger partial charge in [0.15, 0.2) is 0 Å². The van der Waals surface area contributed by atoms with E-state index in [1.807, 2.05) is 22.6 Å². The number of rotatable bonds is 4. The number of hydrogen-bond acceptors (Lipinski definition) is 3. The van der Waals surface area contributed by atoms with Crippen molar-refractivity contribution in [2.24, 2.45) is 5.73 Å². The van der Waals surface area contributed by atoms with Crippen LogP contribution in [0.25, 0.3) is 0 Å². The molecule has 1 aromatic carbocycles. The Morgan fingerprint density at radius 3 is 2.67 bits per heavy atom. The number of ether oxygens (including phenoxy) is 2. The summed E-state index contributed by atoms with van der Waals surface area (Å²) in [6.45, 7) is 1.75. The summed E-state index contributed by atoms with van der Waals surface area (Å²) in [6, 6.07) is 2.65. The molecule has 0 aromatic heterocycles. The Balaban J connectivity index is 3.22.